The van der Waals surface area contributed by atoms with E-state index < -0.39 is 0 Å². The molecule has 1 aliphatic rings. The first kappa shape index (κ1) is 13.6. The molecule has 1 aromatic rings. The molecule has 2 atom stereocenters. The van der Waals surface area contributed by atoms with E-state index in [1.807, 2.05) is 44.2 Å². The molecule has 1 aromatic carbocycles. The van der Waals surface area contributed by atoms with E-state index in [9.17, 15) is 9.59 Å². The highest BCUT2D eigenvalue weighted by Gasteiger charge is 2.41. The average Bonchev–Trinajstić information content (AvgIpc) is 2.74. The number of likely N-dealkylation sites (N-methyl/N-ethyl adjacent to an activating group) is 1. The molecule has 4 heteroatoms. The van der Waals surface area contributed by atoms with Crippen LogP contribution in [0.1, 0.15) is 31.9 Å². The maximum atomic E-state index is 12.4. The lowest BCUT2D eigenvalue weighted by atomic mass is 10.0. The molecule has 0 N–H and O–H groups in total. The molecule has 0 aliphatic carbocycles. The van der Waals surface area contributed by atoms with Crippen LogP contribution in [0.2, 0.25) is 0 Å². The zero-order valence-corrected chi connectivity index (χ0v) is 11.7. The molecule has 1 fully saturated rings. The van der Waals surface area contributed by atoms with Crippen molar-refractivity contribution in [3.8, 4) is 0 Å². The van der Waals surface area contributed by atoms with E-state index in [1.54, 1.807) is 11.9 Å². The Hall–Kier alpha value is -1.84. The predicted octanol–water partition coefficient (Wildman–Crippen LogP) is 2.67. The van der Waals surface area contributed by atoms with Gasteiger partial charge < -0.3 is 4.90 Å². The molecule has 19 heavy (non-hydrogen) atoms. The molecule has 0 radical (unpaired) electrons. The van der Waals surface area contributed by atoms with Crippen molar-refractivity contribution in [1.29, 1.82) is 0 Å². The summed E-state index contributed by atoms with van der Waals surface area (Å²) in [7, 11) is 1.74. The van der Waals surface area contributed by atoms with Crippen molar-refractivity contribution in [3.05, 3.63) is 35.9 Å². The Bertz CT molecular complexity index is 472. The number of hydrogen-bond acceptors (Lipinski definition) is 2. The number of carbonyl (C=O) groups is 2. The lowest BCUT2D eigenvalue weighted by Crippen LogP contribution is -2.39. The molecular weight excluding hydrogens is 240 g/mol. The Morgan fingerprint density at radius 2 is 2.00 bits per heavy atom. The Morgan fingerprint density at radius 3 is 2.58 bits per heavy atom. The second-order valence-electron chi connectivity index (χ2n) is 5.11. The van der Waals surface area contributed by atoms with Gasteiger partial charge in [0.2, 0.25) is 5.91 Å². The van der Waals surface area contributed by atoms with Gasteiger partial charge in [-0.1, -0.05) is 44.2 Å². The van der Waals surface area contributed by atoms with Crippen LogP contribution in [0.15, 0.2) is 30.3 Å². The smallest absolute Gasteiger partial charge is 0.325 e. The standard InChI is InChI=1S/C15H20N2O2/c1-4-11(2)14(18)17-13(10-16(3)15(17)19)12-8-6-5-7-9-12/h5-9,11,13H,4,10H2,1-3H3/t11-,13+/m1/s1. The molecule has 0 saturated carbocycles. The van der Waals surface area contributed by atoms with Gasteiger partial charge in [-0.15, -0.1) is 0 Å². The summed E-state index contributed by atoms with van der Waals surface area (Å²) in [6.45, 7) is 4.39. The van der Waals surface area contributed by atoms with E-state index in [0.29, 0.717) is 6.54 Å². The summed E-state index contributed by atoms with van der Waals surface area (Å²) < 4.78 is 0. The first-order valence-electron chi connectivity index (χ1n) is 6.69. The van der Waals surface area contributed by atoms with Crippen LogP contribution < -0.4 is 0 Å². The minimum Gasteiger partial charge on any atom is -0.325 e. The van der Waals surface area contributed by atoms with Gasteiger partial charge in [-0.3, -0.25) is 9.69 Å². The summed E-state index contributed by atoms with van der Waals surface area (Å²) in [5.74, 6) is -0.202. The van der Waals surface area contributed by atoms with Gasteiger partial charge in [-0.2, -0.15) is 0 Å². The van der Waals surface area contributed by atoms with Crippen molar-refractivity contribution >= 4 is 11.9 Å². The molecule has 0 spiro atoms. The molecule has 1 aliphatic heterocycles. The molecule has 1 saturated heterocycles. The Balaban J connectivity index is 2.32. The van der Waals surface area contributed by atoms with Gasteiger partial charge in [0, 0.05) is 19.5 Å². The third-order valence-corrected chi connectivity index (χ3v) is 3.75. The number of amides is 3. The minimum atomic E-state index is -0.195. The van der Waals surface area contributed by atoms with E-state index >= 15 is 0 Å². The topological polar surface area (TPSA) is 40.6 Å². The lowest BCUT2D eigenvalue weighted by molar-refractivity contribution is -0.133. The summed E-state index contributed by atoms with van der Waals surface area (Å²) in [6, 6.07) is 9.38. The number of imide groups is 1. The Kier molecular flexibility index (Phi) is 3.88. The minimum absolute atomic E-state index is 0.0781. The van der Waals surface area contributed by atoms with Crippen molar-refractivity contribution in [3.63, 3.8) is 0 Å². The predicted molar refractivity (Wildman–Crippen MR) is 73.5 cm³/mol. The van der Waals surface area contributed by atoms with Crippen LogP contribution in [0.3, 0.4) is 0 Å². The zero-order chi connectivity index (χ0) is 14.0. The van der Waals surface area contributed by atoms with Gasteiger partial charge in [-0.25, -0.2) is 4.79 Å². The lowest BCUT2D eigenvalue weighted by Gasteiger charge is -2.24. The molecule has 0 unspecified atom stereocenters. The van der Waals surface area contributed by atoms with Crippen molar-refractivity contribution in [1.82, 2.24) is 9.80 Å². The molecule has 0 bridgehead atoms. The van der Waals surface area contributed by atoms with Crippen LogP contribution in [-0.4, -0.2) is 35.3 Å². The zero-order valence-electron chi connectivity index (χ0n) is 11.7. The molecule has 0 aromatic heterocycles. The van der Waals surface area contributed by atoms with Crippen LogP contribution in [0, 0.1) is 5.92 Å². The summed E-state index contributed by atoms with van der Waals surface area (Å²) in [4.78, 5) is 27.6. The summed E-state index contributed by atoms with van der Waals surface area (Å²) >= 11 is 0. The highest BCUT2D eigenvalue weighted by Crippen LogP contribution is 2.30. The van der Waals surface area contributed by atoms with Crippen LogP contribution in [0.25, 0.3) is 0 Å². The highest BCUT2D eigenvalue weighted by molar-refractivity contribution is 5.97. The van der Waals surface area contributed by atoms with Gasteiger partial charge in [0.1, 0.15) is 0 Å². The SMILES string of the molecule is CC[C@@H](C)C(=O)N1C(=O)N(C)C[C@H]1c1ccccc1. The maximum absolute atomic E-state index is 12.4. The van der Waals surface area contributed by atoms with E-state index in [2.05, 4.69) is 0 Å². The van der Waals surface area contributed by atoms with Crippen molar-refractivity contribution in [2.75, 3.05) is 13.6 Å². The molecule has 1 heterocycles. The van der Waals surface area contributed by atoms with Gasteiger partial charge >= 0.3 is 6.03 Å². The molecule has 102 valence electrons. The average molecular weight is 260 g/mol. The fourth-order valence-electron chi connectivity index (χ4n) is 2.33. The summed E-state index contributed by atoms with van der Waals surface area (Å²) in [6.07, 6.45) is 0.744. The van der Waals surface area contributed by atoms with E-state index in [0.717, 1.165) is 12.0 Å². The van der Waals surface area contributed by atoms with Gasteiger partial charge in [0.05, 0.1) is 6.04 Å². The van der Waals surface area contributed by atoms with Gasteiger partial charge in [0.25, 0.3) is 0 Å². The summed E-state index contributed by atoms with van der Waals surface area (Å²) in [5, 5.41) is 0. The third-order valence-electron chi connectivity index (χ3n) is 3.75. The Morgan fingerprint density at radius 1 is 1.37 bits per heavy atom. The maximum Gasteiger partial charge on any atom is 0.327 e. The van der Waals surface area contributed by atoms with Crippen molar-refractivity contribution in [2.45, 2.75) is 26.3 Å². The molecule has 2 rings (SSSR count). The fraction of sp³-hybridized carbons (Fsp3) is 0.467. The van der Waals surface area contributed by atoms with E-state index in [-0.39, 0.29) is 23.9 Å². The fourth-order valence-corrected chi connectivity index (χ4v) is 2.33. The second-order valence-corrected chi connectivity index (χ2v) is 5.11. The number of carbonyl (C=O) groups excluding carboxylic acids is 2. The third kappa shape index (κ3) is 2.48. The van der Waals surface area contributed by atoms with E-state index in [1.165, 1.54) is 4.90 Å². The van der Waals surface area contributed by atoms with Crippen LogP contribution in [0.5, 0.6) is 0 Å². The van der Waals surface area contributed by atoms with Crippen LogP contribution in [0.4, 0.5) is 4.79 Å². The molecule has 4 nitrogen and oxygen atoms in total. The quantitative estimate of drug-likeness (QED) is 0.838. The Labute approximate surface area is 114 Å². The molecular formula is C15H20N2O2. The monoisotopic (exact) mass is 260 g/mol. The van der Waals surface area contributed by atoms with Crippen LogP contribution >= 0.6 is 0 Å². The number of hydrogen-bond donors (Lipinski definition) is 0. The van der Waals surface area contributed by atoms with Gasteiger partial charge in [-0.05, 0) is 12.0 Å². The van der Waals surface area contributed by atoms with Gasteiger partial charge in [0.15, 0.2) is 0 Å². The van der Waals surface area contributed by atoms with Crippen LogP contribution in [-0.2, 0) is 4.79 Å². The van der Waals surface area contributed by atoms with E-state index in [4.69, 9.17) is 0 Å². The highest BCUT2D eigenvalue weighted by atomic mass is 16.2. The van der Waals surface area contributed by atoms with Crippen molar-refractivity contribution < 1.29 is 9.59 Å². The summed E-state index contributed by atoms with van der Waals surface area (Å²) in [5.41, 5.74) is 1.01. The van der Waals surface area contributed by atoms with Crippen molar-refractivity contribution in [2.24, 2.45) is 5.92 Å². The first-order chi connectivity index (χ1) is 9.06. The number of benzene rings is 1. The number of urea groups is 1. The largest absolute Gasteiger partial charge is 0.327 e. The number of rotatable bonds is 3. The second kappa shape index (κ2) is 5.43. The first-order valence-corrected chi connectivity index (χ1v) is 6.69. The normalized spacial score (nSPS) is 20.8. The molecule has 3 amide bonds. The number of nitrogens with zero attached hydrogens (tertiary/aromatic N) is 2.